The molecule has 2 aromatic heterocycles. The van der Waals surface area contributed by atoms with E-state index in [1.54, 1.807) is 11.3 Å². The fraction of sp³-hybridized carbons (Fsp3) is 0.125. The summed E-state index contributed by atoms with van der Waals surface area (Å²) in [6.45, 7) is 1.89. The normalized spacial score (nSPS) is 10.6. The first kappa shape index (κ1) is 6.61. The Morgan fingerprint density at radius 2 is 2.36 bits per heavy atom. The van der Waals surface area contributed by atoms with E-state index in [1.165, 1.54) is 0 Å². The molecule has 0 aliphatic carbocycles. The summed E-state index contributed by atoms with van der Waals surface area (Å²) in [5, 5.41) is 2.72. The summed E-state index contributed by atoms with van der Waals surface area (Å²) >= 11 is 1.60. The van der Waals surface area contributed by atoms with Gasteiger partial charge < -0.3 is 4.98 Å². The molecule has 0 bridgehead atoms. The van der Waals surface area contributed by atoms with Gasteiger partial charge in [0, 0.05) is 10.4 Å². The molecule has 0 aromatic carbocycles. The maximum atomic E-state index is 11.2. The van der Waals surface area contributed by atoms with Crippen molar-refractivity contribution in [3.05, 3.63) is 33.6 Å². The number of thiophene rings is 1. The van der Waals surface area contributed by atoms with E-state index in [4.69, 9.17) is 0 Å². The highest BCUT2D eigenvalue weighted by Gasteiger charge is 1.98. The Bertz CT molecular complexity index is 441. The van der Waals surface area contributed by atoms with E-state index in [0.29, 0.717) is 0 Å². The highest BCUT2D eigenvalue weighted by molar-refractivity contribution is 7.17. The van der Waals surface area contributed by atoms with Crippen LogP contribution in [0.2, 0.25) is 0 Å². The minimum atomic E-state index is 0.0150. The first-order valence-electron chi connectivity index (χ1n) is 3.34. The Kier molecular flexibility index (Phi) is 1.32. The summed E-state index contributed by atoms with van der Waals surface area (Å²) in [5.74, 6) is 0. The van der Waals surface area contributed by atoms with Crippen molar-refractivity contribution in [3.8, 4) is 0 Å². The SMILES string of the molecule is Cc1cc2sccc2c(=O)[nH]1. The molecule has 2 heterocycles. The summed E-state index contributed by atoms with van der Waals surface area (Å²) in [5.41, 5.74) is 0.936. The third-order valence-corrected chi connectivity index (χ3v) is 2.46. The van der Waals surface area contributed by atoms with Crippen molar-refractivity contribution in [3.63, 3.8) is 0 Å². The van der Waals surface area contributed by atoms with Gasteiger partial charge in [0.05, 0.1) is 5.39 Å². The van der Waals surface area contributed by atoms with Crippen LogP contribution in [0, 0.1) is 6.92 Å². The fourth-order valence-corrected chi connectivity index (χ4v) is 1.98. The van der Waals surface area contributed by atoms with Crippen LogP contribution in [0.4, 0.5) is 0 Å². The molecular weight excluding hydrogens is 158 g/mol. The van der Waals surface area contributed by atoms with E-state index in [1.807, 2.05) is 24.4 Å². The molecule has 2 nitrogen and oxygen atoms in total. The number of rotatable bonds is 0. The lowest BCUT2D eigenvalue weighted by molar-refractivity contribution is 1.17. The molecule has 11 heavy (non-hydrogen) atoms. The van der Waals surface area contributed by atoms with Crippen LogP contribution >= 0.6 is 11.3 Å². The van der Waals surface area contributed by atoms with Crippen molar-refractivity contribution in [1.82, 2.24) is 4.98 Å². The minimum Gasteiger partial charge on any atom is -0.326 e. The lowest BCUT2D eigenvalue weighted by Crippen LogP contribution is -2.05. The highest BCUT2D eigenvalue weighted by atomic mass is 32.1. The van der Waals surface area contributed by atoms with Crippen LogP contribution in [0.25, 0.3) is 10.1 Å². The summed E-state index contributed by atoms with van der Waals surface area (Å²) in [6.07, 6.45) is 0. The molecule has 2 aromatic rings. The van der Waals surface area contributed by atoms with E-state index < -0.39 is 0 Å². The number of aromatic nitrogens is 1. The predicted molar refractivity (Wildman–Crippen MR) is 47.2 cm³/mol. The maximum absolute atomic E-state index is 11.2. The zero-order valence-corrected chi connectivity index (χ0v) is 6.87. The largest absolute Gasteiger partial charge is 0.326 e. The van der Waals surface area contributed by atoms with Gasteiger partial charge in [0.15, 0.2) is 0 Å². The molecule has 56 valence electrons. The van der Waals surface area contributed by atoms with Crippen molar-refractivity contribution >= 4 is 21.4 Å². The van der Waals surface area contributed by atoms with E-state index in [2.05, 4.69) is 4.98 Å². The number of H-pyrrole nitrogens is 1. The molecule has 0 atom stereocenters. The predicted octanol–water partition coefficient (Wildman–Crippen LogP) is 1.90. The van der Waals surface area contributed by atoms with Crippen LogP contribution in [0.5, 0.6) is 0 Å². The molecule has 0 aliphatic rings. The van der Waals surface area contributed by atoms with Crippen molar-refractivity contribution in [2.45, 2.75) is 6.92 Å². The van der Waals surface area contributed by atoms with Gasteiger partial charge >= 0.3 is 0 Å². The van der Waals surface area contributed by atoms with Gasteiger partial charge in [-0.3, -0.25) is 4.79 Å². The fourth-order valence-electron chi connectivity index (χ4n) is 1.10. The van der Waals surface area contributed by atoms with Gasteiger partial charge in [-0.05, 0) is 24.4 Å². The van der Waals surface area contributed by atoms with Crippen molar-refractivity contribution in [1.29, 1.82) is 0 Å². The van der Waals surface area contributed by atoms with Gasteiger partial charge in [-0.25, -0.2) is 0 Å². The van der Waals surface area contributed by atoms with Crippen LogP contribution in [0.3, 0.4) is 0 Å². The lowest BCUT2D eigenvalue weighted by atomic mass is 10.3. The van der Waals surface area contributed by atoms with E-state index >= 15 is 0 Å². The molecule has 0 saturated heterocycles. The van der Waals surface area contributed by atoms with Crippen molar-refractivity contribution in [2.75, 3.05) is 0 Å². The highest BCUT2D eigenvalue weighted by Crippen LogP contribution is 2.16. The first-order chi connectivity index (χ1) is 5.27. The monoisotopic (exact) mass is 165 g/mol. The molecule has 2 rings (SSSR count). The minimum absolute atomic E-state index is 0.0150. The molecule has 3 heteroatoms. The summed E-state index contributed by atoms with van der Waals surface area (Å²) in [6, 6.07) is 3.83. The molecule has 0 fully saturated rings. The number of nitrogens with one attached hydrogen (secondary N) is 1. The Labute approximate surface area is 67.5 Å². The third kappa shape index (κ3) is 0.973. The van der Waals surface area contributed by atoms with Crippen LogP contribution in [-0.2, 0) is 0 Å². The topological polar surface area (TPSA) is 32.9 Å². The van der Waals surface area contributed by atoms with Crippen LogP contribution in [-0.4, -0.2) is 4.98 Å². The second kappa shape index (κ2) is 2.20. The third-order valence-electron chi connectivity index (χ3n) is 1.60. The second-order valence-corrected chi connectivity index (χ2v) is 3.43. The average Bonchev–Trinajstić information content (AvgIpc) is 2.34. The zero-order valence-electron chi connectivity index (χ0n) is 6.05. The van der Waals surface area contributed by atoms with Crippen molar-refractivity contribution < 1.29 is 0 Å². The number of hydrogen-bond acceptors (Lipinski definition) is 2. The molecule has 0 amide bonds. The molecule has 1 N–H and O–H groups in total. The summed E-state index contributed by atoms with van der Waals surface area (Å²) < 4.78 is 1.06. The Hall–Kier alpha value is -1.09. The molecule has 0 saturated carbocycles. The summed E-state index contributed by atoms with van der Waals surface area (Å²) in [7, 11) is 0. The quantitative estimate of drug-likeness (QED) is 0.635. The molecular formula is C8H7NOS. The maximum Gasteiger partial charge on any atom is 0.256 e. The van der Waals surface area contributed by atoms with Crippen LogP contribution in [0.15, 0.2) is 22.3 Å². The van der Waals surface area contributed by atoms with Gasteiger partial charge in [-0.2, -0.15) is 0 Å². The van der Waals surface area contributed by atoms with Crippen LogP contribution < -0.4 is 5.56 Å². The standard InChI is InChI=1S/C8H7NOS/c1-5-4-7-6(2-3-11-7)8(10)9-5/h2-4H,1H3,(H,9,10). The Morgan fingerprint density at radius 1 is 1.55 bits per heavy atom. The summed E-state index contributed by atoms with van der Waals surface area (Å²) in [4.78, 5) is 14.0. The second-order valence-electron chi connectivity index (χ2n) is 2.48. The number of fused-ring (bicyclic) bond motifs is 1. The van der Waals surface area contributed by atoms with Gasteiger partial charge in [-0.1, -0.05) is 0 Å². The molecule has 0 spiro atoms. The zero-order chi connectivity index (χ0) is 7.84. The first-order valence-corrected chi connectivity index (χ1v) is 4.22. The Balaban J connectivity index is 3.02. The van der Waals surface area contributed by atoms with Gasteiger partial charge in [0.2, 0.25) is 0 Å². The molecule has 0 unspecified atom stereocenters. The number of aryl methyl sites for hydroxylation is 1. The molecule has 0 aliphatic heterocycles. The van der Waals surface area contributed by atoms with Gasteiger partial charge in [0.1, 0.15) is 0 Å². The lowest BCUT2D eigenvalue weighted by Gasteiger charge is -1.90. The van der Waals surface area contributed by atoms with E-state index in [0.717, 1.165) is 15.8 Å². The van der Waals surface area contributed by atoms with E-state index in [-0.39, 0.29) is 5.56 Å². The van der Waals surface area contributed by atoms with Gasteiger partial charge in [0.25, 0.3) is 5.56 Å². The number of pyridine rings is 1. The number of aromatic amines is 1. The molecule has 0 radical (unpaired) electrons. The number of hydrogen-bond donors (Lipinski definition) is 1. The van der Waals surface area contributed by atoms with E-state index in [9.17, 15) is 4.79 Å². The smallest absolute Gasteiger partial charge is 0.256 e. The van der Waals surface area contributed by atoms with Gasteiger partial charge in [-0.15, -0.1) is 11.3 Å². The van der Waals surface area contributed by atoms with Crippen LogP contribution in [0.1, 0.15) is 5.69 Å². The van der Waals surface area contributed by atoms with Crippen molar-refractivity contribution in [2.24, 2.45) is 0 Å². The Morgan fingerprint density at radius 3 is 3.18 bits per heavy atom. The average molecular weight is 165 g/mol.